The molecule has 8 heteroatoms. The number of aromatic nitrogens is 3. The SMILES string of the molecule is COc1cccc(CN2CCCn3c(c4c(=O)n(-c5ccccc5OC)[nH]c4cc3=O)C2)c1. The van der Waals surface area contributed by atoms with Crippen molar-refractivity contribution in [2.75, 3.05) is 20.8 Å². The zero-order valence-electron chi connectivity index (χ0n) is 18.7. The molecule has 0 aliphatic carbocycles. The van der Waals surface area contributed by atoms with Crippen LogP contribution < -0.4 is 20.6 Å². The number of benzene rings is 2. The fraction of sp³-hybridized carbons (Fsp3) is 0.280. The predicted octanol–water partition coefficient (Wildman–Crippen LogP) is 2.90. The Hall–Kier alpha value is -3.78. The van der Waals surface area contributed by atoms with Crippen LogP contribution in [0, 0.1) is 0 Å². The van der Waals surface area contributed by atoms with Crippen molar-refractivity contribution in [3.63, 3.8) is 0 Å². The Bertz CT molecular complexity index is 1430. The topological polar surface area (TPSA) is 81.5 Å². The Labute approximate surface area is 190 Å². The molecule has 3 heterocycles. The molecule has 0 fully saturated rings. The lowest BCUT2D eigenvalue weighted by atomic mass is 10.1. The predicted molar refractivity (Wildman–Crippen MR) is 126 cm³/mol. The third-order valence-electron chi connectivity index (χ3n) is 6.16. The second kappa shape index (κ2) is 8.63. The monoisotopic (exact) mass is 446 g/mol. The summed E-state index contributed by atoms with van der Waals surface area (Å²) in [6.07, 6.45) is 0.827. The highest BCUT2D eigenvalue weighted by atomic mass is 16.5. The van der Waals surface area contributed by atoms with Crippen molar-refractivity contribution >= 4 is 10.9 Å². The second-order valence-electron chi connectivity index (χ2n) is 8.21. The van der Waals surface area contributed by atoms with Gasteiger partial charge in [-0.2, -0.15) is 0 Å². The Kier molecular flexibility index (Phi) is 5.51. The minimum absolute atomic E-state index is 0.103. The number of pyridine rings is 1. The van der Waals surface area contributed by atoms with E-state index in [0.29, 0.717) is 42.0 Å². The number of para-hydroxylation sites is 2. The molecule has 1 aliphatic rings. The van der Waals surface area contributed by atoms with Gasteiger partial charge in [-0.05, 0) is 36.2 Å². The molecular formula is C25H26N4O4. The number of methoxy groups -OCH3 is 2. The Morgan fingerprint density at radius 1 is 0.970 bits per heavy atom. The van der Waals surface area contributed by atoms with Gasteiger partial charge in [0.2, 0.25) is 0 Å². The first-order chi connectivity index (χ1) is 16.1. The number of nitrogens with zero attached hydrogens (tertiary/aromatic N) is 3. The molecule has 0 radical (unpaired) electrons. The Morgan fingerprint density at radius 2 is 1.82 bits per heavy atom. The van der Waals surface area contributed by atoms with Gasteiger partial charge in [0.25, 0.3) is 11.1 Å². The summed E-state index contributed by atoms with van der Waals surface area (Å²) in [5.41, 5.74) is 2.71. The number of hydrogen-bond donors (Lipinski definition) is 1. The lowest BCUT2D eigenvalue weighted by Gasteiger charge is -2.20. The number of nitrogens with one attached hydrogen (secondary N) is 1. The summed E-state index contributed by atoms with van der Waals surface area (Å²) in [6, 6.07) is 16.8. The molecule has 2 aromatic heterocycles. The van der Waals surface area contributed by atoms with Crippen LogP contribution in [-0.4, -0.2) is 40.0 Å². The van der Waals surface area contributed by atoms with Gasteiger partial charge in [-0.3, -0.25) is 19.6 Å². The van der Waals surface area contributed by atoms with Gasteiger partial charge in [0.05, 0.1) is 30.8 Å². The smallest absolute Gasteiger partial charge is 0.281 e. The fourth-order valence-corrected chi connectivity index (χ4v) is 4.61. The first kappa shape index (κ1) is 21.1. The summed E-state index contributed by atoms with van der Waals surface area (Å²) in [4.78, 5) is 28.8. The number of aromatic amines is 1. The molecule has 1 N–H and O–H groups in total. The van der Waals surface area contributed by atoms with Crippen molar-refractivity contribution in [2.45, 2.75) is 26.1 Å². The highest BCUT2D eigenvalue weighted by Gasteiger charge is 2.23. The van der Waals surface area contributed by atoms with E-state index in [4.69, 9.17) is 9.47 Å². The molecule has 2 aromatic carbocycles. The van der Waals surface area contributed by atoms with Gasteiger partial charge >= 0.3 is 0 Å². The van der Waals surface area contributed by atoms with Crippen LogP contribution in [0.25, 0.3) is 16.6 Å². The van der Waals surface area contributed by atoms with Crippen LogP contribution in [0.2, 0.25) is 0 Å². The second-order valence-corrected chi connectivity index (χ2v) is 8.21. The summed E-state index contributed by atoms with van der Waals surface area (Å²) in [7, 11) is 3.23. The van der Waals surface area contributed by atoms with Gasteiger partial charge in [0.1, 0.15) is 17.2 Å². The number of rotatable bonds is 5. The molecule has 0 saturated heterocycles. The molecule has 0 unspecified atom stereocenters. The average Bonchev–Trinajstić information content (AvgIpc) is 3.01. The van der Waals surface area contributed by atoms with Gasteiger partial charge in [0, 0.05) is 32.2 Å². The minimum Gasteiger partial charge on any atom is -0.497 e. The van der Waals surface area contributed by atoms with E-state index in [9.17, 15) is 9.59 Å². The van der Waals surface area contributed by atoms with Crippen LogP contribution >= 0.6 is 0 Å². The normalized spacial score (nSPS) is 14.1. The molecule has 5 rings (SSSR count). The van der Waals surface area contributed by atoms with Crippen molar-refractivity contribution in [3.8, 4) is 17.2 Å². The first-order valence-corrected chi connectivity index (χ1v) is 10.9. The zero-order valence-corrected chi connectivity index (χ0v) is 18.7. The molecule has 0 atom stereocenters. The highest BCUT2D eigenvalue weighted by Crippen LogP contribution is 2.24. The third kappa shape index (κ3) is 3.82. The van der Waals surface area contributed by atoms with Gasteiger partial charge in [-0.1, -0.05) is 24.3 Å². The zero-order chi connectivity index (χ0) is 22.9. The molecule has 0 bridgehead atoms. The number of ether oxygens (including phenoxy) is 2. The van der Waals surface area contributed by atoms with Gasteiger partial charge in [-0.15, -0.1) is 0 Å². The van der Waals surface area contributed by atoms with Crippen molar-refractivity contribution < 1.29 is 9.47 Å². The van der Waals surface area contributed by atoms with Crippen molar-refractivity contribution in [2.24, 2.45) is 0 Å². The molecule has 4 aromatic rings. The van der Waals surface area contributed by atoms with Crippen LogP contribution in [0.1, 0.15) is 17.7 Å². The largest absolute Gasteiger partial charge is 0.497 e. The van der Waals surface area contributed by atoms with E-state index in [0.717, 1.165) is 30.0 Å². The molecule has 1 aliphatic heterocycles. The highest BCUT2D eigenvalue weighted by molar-refractivity contribution is 5.81. The van der Waals surface area contributed by atoms with Crippen LogP contribution in [-0.2, 0) is 19.6 Å². The third-order valence-corrected chi connectivity index (χ3v) is 6.16. The lowest BCUT2D eigenvalue weighted by molar-refractivity contribution is 0.261. The van der Waals surface area contributed by atoms with E-state index in [1.807, 2.05) is 36.4 Å². The summed E-state index contributed by atoms with van der Waals surface area (Å²) in [6.45, 7) is 2.61. The maximum absolute atomic E-state index is 13.6. The first-order valence-electron chi connectivity index (χ1n) is 10.9. The summed E-state index contributed by atoms with van der Waals surface area (Å²) >= 11 is 0. The summed E-state index contributed by atoms with van der Waals surface area (Å²) in [5, 5.41) is 3.66. The van der Waals surface area contributed by atoms with E-state index >= 15 is 0 Å². The molecule has 8 nitrogen and oxygen atoms in total. The lowest BCUT2D eigenvalue weighted by Crippen LogP contribution is -2.27. The van der Waals surface area contributed by atoms with Crippen molar-refractivity contribution in [1.82, 2.24) is 19.2 Å². The van der Waals surface area contributed by atoms with E-state index in [1.54, 1.807) is 24.9 Å². The van der Waals surface area contributed by atoms with Crippen LogP contribution in [0.15, 0.2) is 64.2 Å². The summed E-state index contributed by atoms with van der Waals surface area (Å²) in [5.74, 6) is 1.39. The molecule has 0 spiro atoms. The van der Waals surface area contributed by atoms with Crippen LogP contribution in [0.4, 0.5) is 0 Å². The maximum atomic E-state index is 13.6. The van der Waals surface area contributed by atoms with E-state index in [2.05, 4.69) is 16.1 Å². The van der Waals surface area contributed by atoms with E-state index in [-0.39, 0.29) is 11.1 Å². The van der Waals surface area contributed by atoms with Crippen molar-refractivity contribution in [3.05, 3.63) is 86.6 Å². The molecule has 170 valence electrons. The van der Waals surface area contributed by atoms with Crippen molar-refractivity contribution in [1.29, 1.82) is 0 Å². The molecule has 33 heavy (non-hydrogen) atoms. The standard InChI is InChI=1S/C25H26N4O4/c1-32-18-8-5-7-17(13-18)15-27-11-6-12-28-21(16-27)24-19(14-23(28)30)26-29(25(24)31)20-9-3-4-10-22(20)33-2/h3-5,7-10,13-14,26H,6,11-12,15-16H2,1-2H3. The number of H-pyrrole nitrogens is 1. The fourth-order valence-electron chi connectivity index (χ4n) is 4.61. The Morgan fingerprint density at radius 3 is 2.64 bits per heavy atom. The molecule has 0 amide bonds. The maximum Gasteiger partial charge on any atom is 0.281 e. The number of hydrogen-bond acceptors (Lipinski definition) is 5. The average molecular weight is 447 g/mol. The minimum atomic E-state index is -0.193. The van der Waals surface area contributed by atoms with Gasteiger partial charge < -0.3 is 14.0 Å². The van der Waals surface area contributed by atoms with Crippen LogP contribution in [0.5, 0.6) is 11.5 Å². The quantitative estimate of drug-likeness (QED) is 0.510. The Balaban J connectivity index is 1.60. The molecular weight excluding hydrogens is 420 g/mol. The number of fused-ring (bicyclic) bond motifs is 3. The van der Waals surface area contributed by atoms with Crippen LogP contribution in [0.3, 0.4) is 0 Å². The molecule has 0 saturated carbocycles. The van der Waals surface area contributed by atoms with Gasteiger partial charge in [0.15, 0.2) is 0 Å². The van der Waals surface area contributed by atoms with E-state index in [1.165, 1.54) is 10.7 Å². The summed E-state index contributed by atoms with van der Waals surface area (Å²) < 4.78 is 14.0. The van der Waals surface area contributed by atoms with Gasteiger partial charge in [-0.25, -0.2) is 4.68 Å². The van der Waals surface area contributed by atoms with E-state index < -0.39 is 0 Å².